The van der Waals surface area contributed by atoms with E-state index >= 15 is 0 Å². The van der Waals surface area contributed by atoms with Crippen LogP contribution in [0.25, 0.3) is 10.8 Å². The number of halogens is 1. The molecule has 3 rings (SSSR count). The quantitative estimate of drug-likeness (QED) is 0.561. The van der Waals surface area contributed by atoms with Crippen LogP contribution in [-0.4, -0.2) is 12.3 Å². The van der Waals surface area contributed by atoms with Crippen molar-refractivity contribution in [2.24, 2.45) is 4.99 Å². The van der Waals surface area contributed by atoms with Gasteiger partial charge < -0.3 is 0 Å². The molecule has 1 atom stereocenters. The Hall–Kier alpha value is -2.12. The molecule has 0 amide bonds. The Bertz CT molecular complexity index is 785. The van der Waals surface area contributed by atoms with Crippen LogP contribution >= 0.6 is 11.6 Å². The van der Waals surface area contributed by atoms with E-state index in [4.69, 9.17) is 11.6 Å². The Labute approximate surface area is 136 Å². The van der Waals surface area contributed by atoms with E-state index in [0.29, 0.717) is 0 Å². The molecule has 0 aromatic heterocycles. The van der Waals surface area contributed by atoms with Crippen molar-refractivity contribution in [3.63, 3.8) is 0 Å². The molecule has 110 valence electrons. The minimum Gasteiger partial charge on any atom is -0.289 e. The summed E-state index contributed by atoms with van der Waals surface area (Å²) in [5, 5.41) is 3.35. The third kappa shape index (κ3) is 3.55. The molecule has 0 radical (unpaired) electrons. The summed E-state index contributed by atoms with van der Waals surface area (Å²) in [5.74, 6) is 0. The molecule has 22 heavy (non-hydrogen) atoms. The van der Waals surface area contributed by atoms with Crippen LogP contribution in [0.3, 0.4) is 0 Å². The third-order valence-electron chi connectivity index (χ3n) is 3.74. The maximum absolute atomic E-state index is 5.89. The van der Waals surface area contributed by atoms with Crippen LogP contribution in [-0.2, 0) is 6.42 Å². The van der Waals surface area contributed by atoms with Crippen molar-refractivity contribution >= 4 is 28.6 Å². The molecule has 0 unspecified atom stereocenters. The first kappa shape index (κ1) is 14.8. The highest BCUT2D eigenvalue weighted by Crippen LogP contribution is 2.20. The summed E-state index contributed by atoms with van der Waals surface area (Å²) in [6.45, 7) is 2.15. The Morgan fingerprint density at radius 1 is 0.955 bits per heavy atom. The summed E-state index contributed by atoms with van der Waals surface area (Å²) in [6, 6.07) is 22.9. The summed E-state index contributed by atoms with van der Waals surface area (Å²) >= 11 is 5.89. The zero-order valence-electron chi connectivity index (χ0n) is 12.5. The summed E-state index contributed by atoms with van der Waals surface area (Å²) in [4.78, 5) is 4.66. The summed E-state index contributed by atoms with van der Waals surface area (Å²) in [7, 11) is 0. The predicted molar refractivity (Wildman–Crippen MR) is 96.2 cm³/mol. The maximum Gasteiger partial charge on any atom is 0.0512 e. The molecule has 0 fully saturated rings. The average Bonchev–Trinajstić information content (AvgIpc) is 2.55. The van der Waals surface area contributed by atoms with Crippen molar-refractivity contribution in [3.05, 3.63) is 82.9 Å². The SMILES string of the molecule is C[C@H](Cc1cccc2ccccc12)N=Cc1ccc(Cl)cc1. The zero-order chi connectivity index (χ0) is 15.4. The monoisotopic (exact) mass is 307 g/mol. The van der Waals surface area contributed by atoms with Crippen LogP contribution in [0.2, 0.25) is 5.02 Å². The van der Waals surface area contributed by atoms with Gasteiger partial charge in [-0.3, -0.25) is 4.99 Å². The Morgan fingerprint density at radius 3 is 2.50 bits per heavy atom. The number of aliphatic imine (C=N–C) groups is 1. The summed E-state index contributed by atoms with van der Waals surface area (Å²) in [6.07, 6.45) is 2.86. The molecule has 0 saturated heterocycles. The van der Waals surface area contributed by atoms with E-state index in [2.05, 4.69) is 54.4 Å². The van der Waals surface area contributed by atoms with Gasteiger partial charge in [0, 0.05) is 11.2 Å². The fourth-order valence-electron chi connectivity index (χ4n) is 2.60. The normalized spacial score (nSPS) is 12.8. The van der Waals surface area contributed by atoms with Crippen molar-refractivity contribution in [1.82, 2.24) is 0 Å². The minimum atomic E-state index is 0.237. The van der Waals surface area contributed by atoms with Crippen molar-refractivity contribution in [2.45, 2.75) is 19.4 Å². The molecule has 0 aliphatic heterocycles. The number of hydrogen-bond donors (Lipinski definition) is 0. The van der Waals surface area contributed by atoms with E-state index in [1.165, 1.54) is 16.3 Å². The molecule has 0 aliphatic carbocycles. The molecule has 0 spiro atoms. The van der Waals surface area contributed by atoms with Gasteiger partial charge in [0.1, 0.15) is 0 Å². The van der Waals surface area contributed by atoms with Crippen LogP contribution in [0.1, 0.15) is 18.1 Å². The van der Waals surface area contributed by atoms with E-state index in [9.17, 15) is 0 Å². The lowest BCUT2D eigenvalue weighted by Gasteiger charge is -2.09. The maximum atomic E-state index is 5.89. The highest BCUT2D eigenvalue weighted by Gasteiger charge is 2.04. The second-order valence-corrected chi connectivity index (χ2v) is 5.96. The predicted octanol–water partition coefficient (Wildman–Crippen LogP) is 5.54. The molecule has 1 nitrogen and oxygen atoms in total. The van der Waals surface area contributed by atoms with Crippen LogP contribution in [0, 0.1) is 0 Å². The summed E-state index contributed by atoms with van der Waals surface area (Å²) < 4.78 is 0. The van der Waals surface area contributed by atoms with Gasteiger partial charge in [0.25, 0.3) is 0 Å². The lowest BCUT2D eigenvalue weighted by molar-refractivity contribution is 0.747. The van der Waals surface area contributed by atoms with Gasteiger partial charge >= 0.3 is 0 Å². The van der Waals surface area contributed by atoms with Crippen LogP contribution in [0.4, 0.5) is 0 Å². The number of fused-ring (bicyclic) bond motifs is 1. The Kier molecular flexibility index (Phi) is 4.55. The van der Waals surface area contributed by atoms with Gasteiger partial charge in [-0.05, 0) is 47.4 Å². The third-order valence-corrected chi connectivity index (χ3v) is 4.00. The van der Waals surface area contributed by atoms with Gasteiger partial charge in [-0.15, -0.1) is 0 Å². The first-order valence-electron chi connectivity index (χ1n) is 7.48. The fourth-order valence-corrected chi connectivity index (χ4v) is 2.73. The number of hydrogen-bond acceptors (Lipinski definition) is 1. The first-order chi connectivity index (χ1) is 10.7. The number of rotatable bonds is 4. The molecular weight excluding hydrogens is 290 g/mol. The highest BCUT2D eigenvalue weighted by molar-refractivity contribution is 6.30. The first-order valence-corrected chi connectivity index (χ1v) is 7.85. The topological polar surface area (TPSA) is 12.4 Å². The average molecular weight is 308 g/mol. The van der Waals surface area contributed by atoms with Gasteiger partial charge in [0.05, 0.1) is 6.04 Å². The molecule has 0 heterocycles. The molecule has 0 bridgehead atoms. The molecule has 2 heteroatoms. The molecule has 0 N–H and O–H groups in total. The van der Waals surface area contributed by atoms with E-state index in [1.807, 2.05) is 30.5 Å². The lowest BCUT2D eigenvalue weighted by atomic mass is 9.99. The molecular formula is C20H18ClN. The smallest absolute Gasteiger partial charge is 0.0512 e. The van der Waals surface area contributed by atoms with Crippen LogP contribution < -0.4 is 0 Å². The lowest BCUT2D eigenvalue weighted by Crippen LogP contribution is -2.04. The van der Waals surface area contributed by atoms with E-state index < -0.39 is 0 Å². The Morgan fingerprint density at radius 2 is 1.68 bits per heavy atom. The summed E-state index contributed by atoms with van der Waals surface area (Å²) in [5.41, 5.74) is 2.42. The van der Waals surface area contributed by atoms with Gasteiger partial charge in [0.2, 0.25) is 0 Å². The van der Waals surface area contributed by atoms with E-state index in [0.717, 1.165) is 17.0 Å². The van der Waals surface area contributed by atoms with Crippen LogP contribution in [0.15, 0.2) is 71.7 Å². The van der Waals surface area contributed by atoms with Gasteiger partial charge in [-0.25, -0.2) is 0 Å². The van der Waals surface area contributed by atoms with Crippen molar-refractivity contribution < 1.29 is 0 Å². The molecule has 3 aromatic rings. The second kappa shape index (κ2) is 6.76. The molecule has 3 aromatic carbocycles. The van der Waals surface area contributed by atoms with Gasteiger partial charge in [-0.1, -0.05) is 66.2 Å². The van der Waals surface area contributed by atoms with Crippen molar-refractivity contribution in [1.29, 1.82) is 0 Å². The van der Waals surface area contributed by atoms with Crippen molar-refractivity contribution in [3.8, 4) is 0 Å². The largest absolute Gasteiger partial charge is 0.289 e. The number of nitrogens with zero attached hydrogens (tertiary/aromatic N) is 1. The van der Waals surface area contributed by atoms with E-state index in [1.54, 1.807) is 0 Å². The second-order valence-electron chi connectivity index (χ2n) is 5.52. The standard InChI is InChI=1S/C20H18ClN/c1-15(22-14-16-9-11-19(21)12-10-16)13-18-7-4-6-17-5-2-3-8-20(17)18/h2-12,14-15H,13H2,1H3/t15-/m1/s1. The minimum absolute atomic E-state index is 0.237. The molecule has 0 saturated carbocycles. The molecule has 0 aliphatic rings. The van der Waals surface area contributed by atoms with Gasteiger partial charge in [-0.2, -0.15) is 0 Å². The Balaban J connectivity index is 1.75. The fraction of sp³-hybridized carbons (Fsp3) is 0.150. The van der Waals surface area contributed by atoms with Gasteiger partial charge in [0.15, 0.2) is 0 Å². The highest BCUT2D eigenvalue weighted by atomic mass is 35.5. The van der Waals surface area contributed by atoms with Crippen LogP contribution in [0.5, 0.6) is 0 Å². The van der Waals surface area contributed by atoms with E-state index in [-0.39, 0.29) is 6.04 Å². The number of benzene rings is 3. The zero-order valence-corrected chi connectivity index (χ0v) is 13.3. The van der Waals surface area contributed by atoms with Crippen molar-refractivity contribution in [2.75, 3.05) is 0 Å².